The van der Waals surface area contributed by atoms with Crippen LogP contribution in [0.25, 0.3) is 0 Å². The molecule has 0 atom stereocenters. The molecule has 122 valence electrons. The van der Waals surface area contributed by atoms with E-state index in [1.165, 1.54) is 0 Å². The quantitative estimate of drug-likeness (QED) is 0.860. The molecular weight excluding hydrogens is 314 g/mol. The molecule has 4 nitrogen and oxygen atoms in total. The molecule has 0 aromatic heterocycles. The molecule has 2 rings (SSSR count). The fourth-order valence-corrected chi connectivity index (χ4v) is 2.53. The lowest BCUT2D eigenvalue weighted by Gasteiger charge is -2.13. The third kappa shape index (κ3) is 4.39. The van der Waals surface area contributed by atoms with Gasteiger partial charge in [-0.05, 0) is 43.2 Å². The molecule has 0 unspecified atom stereocenters. The van der Waals surface area contributed by atoms with Gasteiger partial charge in [-0.25, -0.2) is 0 Å². The molecular formula is C18H20ClNO3. The molecule has 1 N–H and O–H groups in total. The van der Waals surface area contributed by atoms with Crippen LogP contribution in [-0.4, -0.2) is 20.1 Å². The van der Waals surface area contributed by atoms with Gasteiger partial charge in [0.15, 0.2) is 0 Å². The van der Waals surface area contributed by atoms with Crippen LogP contribution in [0.5, 0.6) is 11.5 Å². The van der Waals surface area contributed by atoms with Crippen LogP contribution in [0.4, 0.5) is 5.69 Å². The number of amides is 1. The van der Waals surface area contributed by atoms with Crippen LogP contribution in [0.1, 0.15) is 17.5 Å². The lowest BCUT2D eigenvalue weighted by molar-refractivity contribution is -0.116. The van der Waals surface area contributed by atoms with Crippen LogP contribution in [0.3, 0.4) is 0 Å². The first kappa shape index (κ1) is 17.2. The number of nitrogens with one attached hydrogen (secondary N) is 1. The highest BCUT2D eigenvalue weighted by Crippen LogP contribution is 2.29. The highest BCUT2D eigenvalue weighted by atomic mass is 35.5. The highest BCUT2D eigenvalue weighted by Gasteiger charge is 2.12. The van der Waals surface area contributed by atoms with Crippen LogP contribution < -0.4 is 14.8 Å². The van der Waals surface area contributed by atoms with Crippen molar-refractivity contribution >= 4 is 23.2 Å². The Bertz CT molecular complexity index is 678. The van der Waals surface area contributed by atoms with Gasteiger partial charge in [0, 0.05) is 22.7 Å². The van der Waals surface area contributed by atoms with Gasteiger partial charge >= 0.3 is 0 Å². The summed E-state index contributed by atoms with van der Waals surface area (Å²) >= 11 is 5.97. The van der Waals surface area contributed by atoms with E-state index in [4.69, 9.17) is 21.1 Å². The Morgan fingerprint density at radius 3 is 2.39 bits per heavy atom. The third-order valence-corrected chi connectivity index (χ3v) is 3.84. The van der Waals surface area contributed by atoms with Crippen molar-refractivity contribution in [3.63, 3.8) is 0 Å². The van der Waals surface area contributed by atoms with E-state index >= 15 is 0 Å². The zero-order valence-corrected chi connectivity index (χ0v) is 14.2. The number of anilines is 1. The summed E-state index contributed by atoms with van der Waals surface area (Å²) in [5.74, 6) is 1.36. The van der Waals surface area contributed by atoms with Crippen molar-refractivity contribution in [1.29, 1.82) is 0 Å². The van der Waals surface area contributed by atoms with Gasteiger partial charge in [-0.1, -0.05) is 23.7 Å². The van der Waals surface area contributed by atoms with E-state index in [-0.39, 0.29) is 5.91 Å². The number of carbonyl (C=O) groups is 1. The summed E-state index contributed by atoms with van der Waals surface area (Å²) in [6.07, 6.45) is 0.849. The van der Waals surface area contributed by atoms with Crippen molar-refractivity contribution in [3.05, 3.63) is 52.5 Å². The van der Waals surface area contributed by atoms with Crippen molar-refractivity contribution in [3.8, 4) is 11.5 Å². The molecule has 23 heavy (non-hydrogen) atoms. The number of carbonyl (C=O) groups excluding carboxylic acids is 1. The van der Waals surface area contributed by atoms with E-state index in [2.05, 4.69) is 5.32 Å². The van der Waals surface area contributed by atoms with E-state index in [0.29, 0.717) is 17.9 Å². The Hall–Kier alpha value is -2.20. The lowest BCUT2D eigenvalue weighted by atomic mass is 10.1. The number of benzene rings is 2. The van der Waals surface area contributed by atoms with Gasteiger partial charge in [0.2, 0.25) is 5.91 Å². The maximum absolute atomic E-state index is 12.2. The molecule has 2 aromatic carbocycles. The molecule has 0 radical (unpaired) electrons. The summed E-state index contributed by atoms with van der Waals surface area (Å²) in [6.45, 7) is 1.93. The molecule has 0 saturated heterocycles. The fraction of sp³-hybridized carbons (Fsp3) is 0.278. The lowest BCUT2D eigenvalue weighted by Crippen LogP contribution is -2.13. The summed E-state index contributed by atoms with van der Waals surface area (Å²) in [5.41, 5.74) is 2.59. The van der Waals surface area contributed by atoms with Crippen LogP contribution in [0.15, 0.2) is 36.4 Å². The standard InChI is InChI=1S/C18H20ClNO3/c1-12-7-8-13(19)11-15(12)20-18(21)10-9-14-16(22-2)5-4-6-17(14)23-3/h4-8,11H,9-10H2,1-3H3,(H,20,21). The van der Waals surface area contributed by atoms with Crippen molar-refractivity contribution in [1.82, 2.24) is 0 Å². The number of methoxy groups -OCH3 is 2. The van der Waals surface area contributed by atoms with Gasteiger partial charge < -0.3 is 14.8 Å². The van der Waals surface area contributed by atoms with Crippen LogP contribution >= 0.6 is 11.6 Å². The van der Waals surface area contributed by atoms with Crippen LogP contribution in [-0.2, 0) is 11.2 Å². The topological polar surface area (TPSA) is 47.6 Å². The van der Waals surface area contributed by atoms with Crippen molar-refractivity contribution in [2.45, 2.75) is 19.8 Å². The monoisotopic (exact) mass is 333 g/mol. The molecule has 5 heteroatoms. The van der Waals surface area contributed by atoms with Gasteiger partial charge in [0.05, 0.1) is 14.2 Å². The molecule has 1 amide bonds. The second kappa shape index (κ2) is 7.88. The number of halogens is 1. The zero-order valence-electron chi connectivity index (χ0n) is 13.5. The van der Waals surface area contributed by atoms with Gasteiger partial charge in [-0.2, -0.15) is 0 Å². The average molecular weight is 334 g/mol. The Labute approximate surface area is 141 Å². The number of aryl methyl sites for hydroxylation is 1. The highest BCUT2D eigenvalue weighted by molar-refractivity contribution is 6.31. The molecule has 0 aliphatic rings. The first-order valence-corrected chi connectivity index (χ1v) is 7.68. The molecule has 0 bridgehead atoms. The summed E-state index contributed by atoms with van der Waals surface area (Å²) < 4.78 is 10.7. The number of hydrogen-bond acceptors (Lipinski definition) is 3. The molecule has 0 spiro atoms. The molecule has 2 aromatic rings. The molecule has 0 fully saturated rings. The minimum Gasteiger partial charge on any atom is -0.496 e. The second-order valence-electron chi connectivity index (χ2n) is 5.15. The summed E-state index contributed by atoms with van der Waals surface area (Å²) in [6, 6.07) is 11.0. The number of rotatable bonds is 6. The average Bonchev–Trinajstić information content (AvgIpc) is 2.55. The van der Waals surface area contributed by atoms with E-state index in [1.54, 1.807) is 26.4 Å². The third-order valence-electron chi connectivity index (χ3n) is 3.61. The van der Waals surface area contributed by atoms with E-state index < -0.39 is 0 Å². The van der Waals surface area contributed by atoms with Gasteiger partial charge in [0.1, 0.15) is 11.5 Å². The van der Waals surface area contributed by atoms with Gasteiger partial charge in [0.25, 0.3) is 0 Å². The second-order valence-corrected chi connectivity index (χ2v) is 5.58. The summed E-state index contributed by atoms with van der Waals surface area (Å²) in [4.78, 5) is 12.2. The number of hydrogen-bond donors (Lipinski definition) is 1. The molecule has 0 aliphatic carbocycles. The van der Waals surface area contributed by atoms with Crippen molar-refractivity contribution in [2.75, 3.05) is 19.5 Å². The summed E-state index contributed by atoms with van der Waals surface area (Å²) in [7, 11) is 3.21. The maximum atomic E-state index is 12.2. The predicted octanol–water partition coefficient (Wildman–Crippen LogP) is 4.24. The SMILES string of the molecule is COc1cccc(OC)c1CCC(=O)Nc1cc(Cl)ccc1C. The minimum atomic E-state index is -0.0803. The van der Waals surface area contributed by atoms with Gasteiger partial charge in [-0.15, -0.1) is 0 Å². The minimum absolute atomic E-state index is 0.0803. The Morgan fingerprint density at radius 1 is 1.13 bits per heavy atom. The van der Waals surface area contributed by atoms with Crippen LogP contribution in [0.2, 0.25) is 5.02 Å². The Kier molecular flexibility index (Phi) is 5.88. The molecule has 0 heterocycles. The van der Waals surface area contributed by atoms with Crippen molar-refractivity contribution < 1.29 is 14.3 Å². The van der Waals surface area contributed by atoms with E-state index in [1.807, 2.05) is 31.2 Å². The maximum Gasteiger partial charge on any atom is 0.224 e. The number of ether oxygens (including phenoxy) is 2. The smallest absolute Gasteiger partial charge is 0.224 e. The van der Waals surface area contributed by atoms with Crippen LogP contribution in [0, 0.1) is 6.92 Å². The molecule has 0 saturated carbocycles. The predicted molar refractivity (Wildman–Crippen MR) is 92.7 cm³/mol. The molecule has 0 aliphatic heterocycles. The normalized spacial score (nSPS) is 10.3. The Morgan fingerprint density at radius 2 is 1.78 bits per heavy atom. The Balaban J connectivity index is 2.06. The van der Waals surface area contributed by atoms with Gasteiger partial charge in [-0.3, -0.25) is 4.79 Å². The van der Waals surface area contributed by atoms with E-state index in [9.17, 15) is 4.79 Å². The first-order valence-electron chi connectivity index (χ1n) is 7.31. The zero-order chi connectivity index (χ0) is 16.8. The van der Waals surface area contributed by atoms with Crippen molar-refractivity contribution in [2.24, 2.45) is 0 Å². The summed E-state index contributed by atoms with van der Waals surface area (Å²) in [5, 5.41) is 3.49. The largest absolute Gasteiger partial charge is 0.496 e. The van der Waals surface area contributed by atoms with E-state index in [0.717, 1.165) is 28.3 Å². The fourth-order valence-electron chi connectivity index (χ4n) is 2.35. The first-order chi connectivity index (χ1) is 11.0.